The summed E-state index contributed by atoms with van der Waals surface area (Å²) in [5.74, 6) is 1.48. The summed E-state index contributed by atoms with van der Waals surface area (Å²) in [5, 5.41) is 9.28. The minimum Gasteiger partial charge on any atom is -0.490 e. The molecule has 5 nitrogen and oxygen atoms in total. The molecule has 0 aliphatic carbocycles. The smallest absolute Gasteiger partial charge is 0.254 e. The second-order valence-electron chi connectivity index (χ2n) is 6.27. The molecule has 0 unspecified atom stereocenters. The standard InChI is InChI=1S/C21H25NO4/c1-3-25-19-11-16-8-9-22(13-18(16)12-20(19)26-4-2)21(24)17-7-5-6-15(10-17)14-23/h5-7,10-12,23H,3-4,8-9,13-14H2,1-2H3. The van der Waals surface area contributed by atoms with Crippen LogP contribution in [0.5, 0.6) is 11.5 Å². The Kier molecular flexibility index (Phi) is 5.78. The third-order valence-electron chi connectivity index (χ3n) is 4.52. The fourth-order valence-corrected chi connectivity index (χ4v) is 3.26. The Hall–Kier alpha value is -2.53. The number of carbonyl (C=O) groups is 1. The predicted octanol–water partition coefficient (Wildman–Crippen LogP) is 3.17. The Labute approximate surface area is 154 Å². The fraction of sp³-hybridized carbons (Fsp3) is 0.381. The maximum atomic E-state index is 12.8. The molecule has 0 fully saturated rings. The molecule has 5 heteroatoms. The van der Waals surface area contributed by atoms with Gasteiger partial charge in [-0.2, -0.15) is 0 Å². The van der Waals surface area contributed by atoms with Crippen LogP contribution in [-0.2, 0) is 19.6 Å². The van der Waals surface area contributed by atoms with E-state index in [9.17, 15) is 9.90 Å². The lowest BCUT2D eigenvalue weighted by Gasteiger charge is -2.30. The molecule has 0 saturated heterocycles. The van der Waals surface area contributed by atoms with Gasteiger partial charge in [0.1, 0.15) is 0 Å². The van der Waals surface area contributed by atoms with E-state index in [0.717, 1.165) is 29.0 Å². The molecular weight excluding hydrogens is 330 g/mol. The van der Waals surface area contributed by atoms with Gasteiger partial charge in [0.25, 0.3) is 5.91 Å². The van der Waals surface area contributed by atoms with Gasteiger partial charge in [0.2, 0.25) is 0 Å². The van der Waals surface area contributed by atoms with Crippen molar-refractivity contribution in [3.63, 3.8) is 0 Å². The average Bonchev–Trinajstić information content (AvgIpc) is 2.68. The lowest BCUT2D eigenvalue weighted by atomic mass is 9.98. The zero-order valence-electron chi connectivity index (χ0n) is 15.3. The molecule has 1 aliphatic rings. The molecular formula is C21H25NO4. The van der Waals surface area contributed by atoms with Gasteiger partial charge in [0.05, 0.1) is 19.8 Å². The molecule has 1 amide bonds. The molecule has 0 bridgehead atoms. The monoisotopic (exact) mass is 355 g/mol. The number of rotatable bonds is 6. The van der Waals surface area contributed by atoms with E-state index in [-0.39, 0.29) is 12.5 Å². The number of amides is 1. The van der Waals surface area contributed by atoms with Gasteiger partial charge in [-0.25, -0.2) is 0 Å². The summed E-state index contributed by atoms with van der Waals surface area (Å²) in [7, 11) is 0. The number of ether oxygens (including phenoxy) is 2. The second-order valence-corrected chi connectivity index (χ2v) is 6.27. The summed E-state index contributed by atoms with van der Waals surface area (Å²) in [5.41, 5.74) is 3.64. The maximum Gasteiger partial charge on any atom is 0.254 e. The summed E-state index contributed by atoms with van der Waals surface area (Å²) in [6, 6.07) is 11.2. The average molecular weight is 355 g/mol. The molecule has 0 atom stereocenters. The number of hydrogen-bond donors (Lipinski definition) is 1. The van der Waals surface area contributed by atoms with Crippen molar-refractivity contribution in [2.24, 2.45) is 0 Å². The molecule has 1 N–H and O–H groups in total. The SMILES string of the molecule is CCOc1cc2c(cc1OCC)CN(C(=O)c1cccc(CO)c1)CC2. The lowest BCUT2D eigenvalue weighted by Crippen LogP contribution is -2.36. The molecule has 0 spiro atoms. The number of benzene rings is 2. The Morgan fingerprint density at radius 2 is 1.77 bits per heavy atom. The van der Waals surface area contributed by atoms with Crippen LogP contribution in [0.4, 0.5) is 0 Å². The zero-order valence-corrected chi connectivity index (χ0v) is 15.3. The van der Waals surface area contributed by atoms with E-state index in [1.165, 1.54) is 5.56 Å². The van der Waals surface area contributed by atoms with Crippen LogP contribution in [0.2, 0.25) is 0 Å². The molecule has 1 heterocycles. The summed E-state index contributed by atoms with van der Waals surface area (Å²) in [6.07, 6.45) is 0.785. The van der Waals surface area contributed by atoms with Crippen LogP contribution in [0.25, 0.3) is 0 Å². The topological polar surface area (TPSA) is 59.0 Å². The van der Waals surface area contributed by atoms with E-state index in [1.54, 1.807) is 18.2 Å². The predicted molar refractivity (Wildman–Crippen MR) is 99.6 cm³/mol. The van der Waals surface area contributed by atoms with Gasteiger partial charge in [-0.1, -0.05) is 12.1 Å². The van der Waals surface area contributed by atoms with E-state index < -0.39 is 0 Å². The molecule has 1 aliphatic heterocycles. The van der Waals surface area contributed by atoms with Crippen LogP contribution in [0.1, 0.15) is 40.9 Å². The number of aliphatic hydroxyl groups excluding tert-OH is 1. The quantitative estimate of drug-likeness (QED) is 0.865. The molecule has 0 aromatic heterocycles. The summed E-state index contributed by atoms with van der Waals surface area (Å²) >= 11 is 0. The highest BCUT2D eigenvalue weighted by atomic mass is 16.5. The van der Waals surface area contributed by atoms with Crippen LogP contribution in [0, 0.1) is 0 Å². The van der Waals surface area contributed by atoms with E-state index in [2.05, 4.69) is 0 Å². The molecule has 3 rings (SSSR count). The van der Waals surface area contributed by atoms with Crippen molar-refractivity contribution < 1.29 is 19.4 Å². The normalized spacial score (nSPS) is 13.3. The van der Waals surface area contributed by atoms with Crippen molar-refractivity contribution in [1.29, 1.82) is 0 Å². The van der Waals surface area contributed by atoms with Crippen molar-refractivity contribution in [3.8, 4) is 11.5 Å². The van der Waals surface area contributed by atoms with Gasteiger partial charge in [-0.05, 0) is 61.2 Å². The number of carbonyl (C=O) groups excluding carboxylic acids is 1. The van der Waals surface area contributed by atoms with Gasteiger partial charge < -0.3 is 19.5 Å². The van der Waals surface area contributed by atoms with Gasteiger partial charge in [-0.3, -0.25) is 4.79 Å². The molecule has 26 heavy (non-hydrogen) atoms. The highest BCUT2D eigenvalue weighted by Gasteiger charge is 2.24. The largest absolute Gasteiger partial charge is 0.490 e. The lowest BCUT2D eigenvalue weighted by molar-refractivity contribution is 0.0734. The third kappa shape index (κ3) is 3.83. The van der Waals surface area contributed by atoms with E-state index in [0.29, 0.717) is 31.9 Å². The van der Waals surface area contributed by atoms with Crippen LogP contribution < -0.4 is 9.47 Å². The Morgan fingerprint density at radius 3 is 2.42 bits per heavy atom. The van der Waals surface area contributed by atoms with Crippen LogP contribution in [0.15, 0.2) is 36.4 Å². The zero-order chi connectivity index (χ0) is 18.5. The summed E-state index contributed by atoms with van der Waals surface area (Å²) in [6.45, 7) is 6.19. The molecule has 138 valence electrons. The number of hydrogen-bond acceptors (Lipinski definition) is 4. The Morgan fingerprint density at radius 1 is 1.08 bits per heavy atom. The van der Waals surface area contributed by atoms with Crippen LogP contribution >= 0.6 is 0 Å². The van der Waals surface area contributed by atoms with Crippen molar-refractivity contribution in [3.05, 3.63) is 58.7 Å². The van der Waals surface area contributed by atoms with Gasteiger partial charge in [0, 0.05) is 18.7 Å². The number of nitrogens with zero attached hydrogens (tertiary/aromatic N) is 1. The molecule has 2 aromatic carbocycles. The molecule has 2 aromatic rings. The summed E-state index contributed by atoms with van der Waals surface area (Å²) < 4.78 is 11.4. The number of aliphatic hydroxyl groups is 1. The van der Waals surface area contributed by atoms with Gasteiger partial charge >= 0.3 is 0 Å². The first-order valence-electron chi connectivity index (χ1n) is 9.06. The van der Waals surface area contributed by atoms with E-state index in [4.69, 9.17) is 9.47 Å². The first-order valence-corrected chi connectivity index (χ1v) is 9.06. The third-order valence-corrected chi connectivity index (χ3v) is 4.52. The molecule has 0 radical (unpaired) electrons. The van der Waals surface area contributed by atoms with Crippen molar-refractivity contribution in [2.75, 3.05) is 19.8 Å². The Bertz CT molecular complexity index is 788. The first kappa shape index (κ1) is 18.3. The van der Waals surface area contributed by atoms with Crippen molar-refractivity contribution in [2.45, 2.75) is 33.4 Å². The molecule has 0 saturated carbocycles. The highest BCUT2D eigenvalue weighted by molar-refractivity contribution is 5.94. The number of fused-ring (bicyclic) bond motifs is 1. The van der Waals surface area contributed by atoms with E-state index in [1.807, 2.05) is 36.9 Å². The van der Waals surface area contributed by atoms with Crippen LogP contribution in [-0.4, -0.2) is 35.7 Å². The van der Waals surface area contributed by atoms with Crippen molar-refractivity contribution >= 4 is 5.91 Å². The minimum atomic E-state index is -0.0676. The summed E-state index contributed by atoms with van der Waals surface area (Å²) in [4.78, 5) is 14.7. The van der Waals surface area contributed by atoms with Gasteiger partial charge in [-0.15, -0.1) is 0 Å². The second kappa shape index (κ2) is 8.23. The first-order chi connectivity index (χ1) is 12.7. The van der Waals surface area contributed by atoms with Gasteiger partial charge in [0.15, 0.2) is 11.5 Å². The van der Waals surface area contributed by atoms with E-state index >= 15 is 0 Å². The highest BCUT2D eigenvalue weighted by Crippen LogP contribution is 2.34. The minimum absolute atomic E-state index is 0.0159. The van der Waals surface area contributed by atoms with Crippen LogP contribution in [0.3, 0.4) is 0 Å². The van der Waals surface area contributed by atoms with Crippen molar-refractivity contribution in [1.82, 2.24) is 4.90 Å². The fourth-order valence-electron chi connectivity index (χ4n) is 3.26. The Balaban J connectivity index is 1.84. The maximum absolute atomic E-state index is 12.8.